The molecular formula is C50H30O4. The Bertz CT molecular complexity index is 2890. The van der Waals surface area contributed by atoms with E-state index in [2.05, 4.69) is 23.7 Å². The molecule has 0 spiro atoms. The third-order valence-electron chi connectivity index (χ3n) is 9.90. The Kier molecular flexibility index (Phi) is 7.85. The second kappa shape index (κ2) is 13.1. The van der Waals surface area contributed by atoms with E-state index in [1.807, 2.05) is 133 Å². The van der Waals surface area contributed by atoms with Crippen molar-refractivity contribution in [3.63, 3.8) is 0 Å². The standard InChI is InChI=1S/C50H30O4/c51-43-25-19-35-5-1-3-7-39(35)47(43)49-41-23-17-33(29-37(41)21-27-45(49)53)15-13-31-9-11-32(12-10-31)14-16-34-18-24-42-38(30-34)22-28-46(54)50(42)48-40-8-4-2-6-36(40)20-26-44(48)52/h1-12,17-30,51-54H. The van der Waals surface area contributed by atoms with Crippen LogP contribution in [0.25, 0.3) is 65.3 Å². The highest BCUT2D eigenvalue weighted by molar-refractivity contribution is 6.11. The molecule has 0 saturated carbocycles. The number of hydrogen-bond acceptors (Lipinski definition) is 4. The summed E-state index contributed by atoms with van der Waals surface area (Å²) < 4.78 is 0. The fourth-order valence-electron chi connectivity index (χ4n) is 7.29. The van der Waals surface area contributed by atoms with Gasteiger partial charge in [0.1, 0.15) is 23.0 Å². The van der Waals surface area contributed by atoms with Crippen molar-refractivity contribution in [1.29, 1.82) is 0 Å². The minimum absolute atomic E-state index is 0.101. The molecule has 4 N–H and O–H groups in total. The zero-order valence-corrected chi connectivity index (χ0v) is 28.8. The van der Waals surface area contributed by atoms with E-state index in [9.17, 15) is 20.4 Å². The maximum absolute atomic E-state index is 11.0. The van der Waals surface area contributed by atoms with Gasteiger partial charge >= 0.3 is 0 Å². The molecule has 0 aromatic heterocycles. The van der Waals surface area contributed by atoms with Crippen LogP contribution in [0.4, 0.5) is 0 Å². The molecule has 0 amide bonds. The summed E-state index contributed by atoms with van der Waals surface area (Å²) in [4.78, 5) is 0. The molecule has 0 aliphatic heterocycles. The number of phenols is 4. The Hall–Kier alpha value is -7.66. The van der Waals surface area contributed by atoms with Crippen LogP contribution in [-0.4, -0.2) is 20.4 Å². The predicted octanol–water partition coefficient (Wildman–Crippen LogP) is 11.3. The lowest BCUT2D eigenvalue weighted by atomic mass is 9.91. The molecule has 0 aliphatic rings. The van der Waals surface area contributed by atoms with Gasteiger partial charge in [0, 0.05) is 44.5 Å². The second-order valence-electron chi connectivity index (χ2n) is 13.2. The van der Waals surface area contributed by atoms with Crippen molar-refractivity contribution in [2.45, 2.75) is 0 Å². The summed E-state index contributed by atoms with van der Waals surface area (Å²) >= 11 is 0. The highest BCUT2D eigenvalue weighted by Crippen LogP contribution is 2.46. The lowest BCUT2D eigenvalue weighted by molar-refractivity contribution is 0.470. The first-order valence-electron chi connectivity index (χ1n) is 17.5. The number of rotatable bonds is 2. The van der Waals surface area contributed by atoms with Crippen molar-refractivity contribution in [2.75, 3.05) is 0 Å². The Labute approximate surface area is 311 Å². The van der Waals surface area contributed by atoms with Crippen molar-refractivity contribution >= 4 is 43.1 Å². The number of hydrogen-bond donors (Lipinski definition) is 4. The third kappa shape index (κ3) is 5.75. The minimum atomic E-state index is 0.101. The summed E-state index contributed by atoms with van der Waals surface area (Å²) in [7, 11) is 0. The average Bonchev–Trinajstić information content (AvgIpc) is 3.20. The molecule has 9 rings (SSSR count). The van der Waals surface area contributed by atoms with Crippen LogP contribution in [0, 0.1) is 23.7 Å². The van der Waals surface area contributed by atoms with Gasteiger partial charge in [-0.1, -0.05) is 109 Å². The maximum atomic E-state index is 11.0. The second-order valence-corrected chi connectivity index (χ2v) is 13.2. The zero-order valence-electron chi connectivity index (χ0n) is 28.8. The SMILES string of the molecule is Oc1ccc2ccccc2c1-c1c(O)ccc2cc(C#Cc3ccc(C#Cc4ccc5c(-c6c(O)ccc7ccccc67)c(O)ccc5c4)cc3)ccc12. The quantitative estimate of drug-likeness (QED) is 0.136. The van der Waals surface area contributed by atoms with E-state index in [1.165, 1.54) is 0 Å². The number of benzene rings is 9. The van der Waals surface area contributed by atoms with Crippen LogP contribution in [0.1, 0.15) is 22.3 Å². The van der Waals surface area contributed by atoms with Gasteiger partial charge < -0.3 is 20.4 Å². The molecule has 0 unspecified atom stereocenters. The first kappa shape index (κ1) is 32.3. The predicted molar refractivity (Wildman–Crippen MR) is 219 cm³/mol. The van der Waals surface area contributed by atoms with Gasteiger partial charge in [0.15, 0.2) is 0 Å². The van der Waals surface area contributed by atoms with Crippen LogP contribution in [-0.2, 0) is 0 Å². The smallest absolute Gasteiger partial charge is 0.124 e. The Morgan fingerprint density at radius 2 is 0.556 bits per heavy atom. The molecule has 0 aliphatic carbocycles. The lowest BCUT2D eigenvalue weighted by Crippen LogP contribution is -1.88. The molecule has 4 nitrogen and oxygen atoms in total. The molecule has 0 radical (unpaired) electrons. The molecule has 0 bridgehead atoms. The van der Waals surface area contributed by atoms with Crippen LogP contribution in [0.2, 0.25) is 0 Å². The lowest BCUT2D eigenvalue weighted by Gasteiger charge is -2.14. The Morgan fingerprint density at radius 3 is 0.944 bits per heavy atom. The minimum Gasteiger partial charge on any atom is -0.507 e. The molecule has 9 aromatic rings. The van der Waals surface area contributed by atoms with Crippen LogP contribution in [0.3, 0.4) is 0 Å². The van der Waals surface area contributed by atoms with Crippen molar-refractivity contribution in [2.24, 2.45) is 0 Å². The highest BCUT2D eigenvalue weighted by atomic mass is 16.3. The van der Waals surface area contributed by atoms with Gasteiger partial charge in [0.25, 0.3) is 0 Å². The first-order valence-corrected chi connectivity index (χ1v) is 17.5. The fourth-order valence-corrected chi connectivity index (χ4v) is 7.29. The van der Waals surface area contributed by atoms with Crippen LogP contribution in [0.15, 0.2) is 158 Å². The molecule has 0 fully saturated rings. The van der Waals surface area contributed by atoms with Gasteiger partial charge in [-0.3, -0.25) is 0 Å². The van der Waals surface area contributed by atoms with Gasteiger partial charge in [-0.05, 0) is 116 Å². The van der Waals surface area contributed by atoms with Crippen molar-refractivity contribution in [3.8, 4) is 68.9 Å². The third-order valence-corrected chi connectivity index (χ3v) is 9.90. The topological polar surface area (TPSA) is 80.9 Å². The van der Waals surface area contributed by atoms with Crippen LogP contribution in [0.5, 0.6) is 23.0 Å². The highest BCUT2D eigenvalue weighted by Gasteiger charge is 2.18. The molecule has 0 saturated heterocycles. The molecule has 0 atom stereocenters. The molecule has 54 heavy (non-hydrogen) atoms. The Morgan fingerprint density at radius 1 is 0.259 bits per heavy atom. The van der Waals surface area contributed by atoms with E-state index in [4.69, 9.17) is 0 Å². The molecular weight excluding hydrogens is 665 g/mol. The zero-order chi connectivity index (χ0) is 36.8. The largest absolute Gasteiger partial charge is 0.507 e. The van der Waals surface area contributed by atoms with Gasteiger partial charge in [-0.2, -0.15) is 0 Å². The van der Waals surface area contributed by atoms with E-state index in [1.54, 1.807) is 24.3 Å². The number of aromatic hydroxyl groups is 4. The normalized spacial score (nSPS) is 11.0. The Balaban J connectivity index is 0.977. The molecule has 0 heterocycles. The van der Waals surface area contributed by atoms with Crippen molar-refractivity contribution in [3.05, 3.63) is 180 Å². The van der Waals surface area contributed by atoms with Gasteiger partial charge in [0.05, 0.1) is 0 Å². The van der Waals surface area contributed by atoms with E-state index in [0.29, 0.717) is 22.3 Å². The van der Waals surface area contributed by atoms with E-state index in [0.717, 1.165) is 65.3 Å². The summed E-state index contributed by atoms with van der Waals surface area (Å²) in [6.07, 6.45) is 0. The average molecular weight is 695 g/mol. The van der Waals surface area contributed by atoms with Gasteiger partial charge in [0.2, 0.25) is 0 Å². The molecule has 254 valence electrons. The summed E-state index contributed by atoms with van der Waals surface area (Å²) in [6.45, 7) is 0. The first-order chi connectivity index (χ1) is 26.4. The van der Waals surface area contributed by atoms with Gasteiger partial charge in [-0.25, -0.2) is 0 Å². The van der Waals surface area contributed by atoms with E-state index < -0.39 is 0 Å². The van der Waals surface area contributed by atoms with Crippen molar-refractivity contribution in [1.82, 2.24) is 0 Å². The summed E-state index contributed by atoms with van der Waals surface area (Å²) in [6, 6.07) is 49.3. The fraction of sp³-hybridized carbons (Fsp3) is 0. The number of fused-ring (bicyclic) bond motifs is 4. The van der Waals surface area contributed by atoms with Crippen LogP contribution < -0.4 is 0 Å². The summed E-state index contributed by atoms with van der Waals surface area (Å²) in [5, 5.41) is 50.9. The summed E-state index contributed by atoms with van der Waals surface area (Å²) in [5.41, 5.74) is 5.74. The van der Waals surface area contributed by atoms with Crippen LogP contribution >= 0.6 is 0 Å². The maximum Gasteiger partial charge on any atom is 0.124 e. The monoisotopic (exact) mass is 694 g/mol. The molecule has 4 heteroatoms. The van der Waals surface area contributed by atoms with Crippen molar-refractivity contribution < 1.29 is 20.4 Å². The van der Waals surface area contributed by atoms with E-state index >= 15 is 0 Å². The van der Waals surface area contributed by atoms with E-state index in [-0.39, 0.29) is 23.0 Å². The molecule has 9 aromatic carbocycles. The van der Waals surface area contributed by atoms with Gasteiger partial charge in [-0.15, -0.1) is 0 Å². The number of phenolic OH excluding ortho intramolecular Hbond substituents is 4. The summed E-state index contributed by atoms with van der Waals surface area (Å²) in [5.74, 6) is 13.5.